The number of para-hydroxylation sites is 3. The van der Waals surface area contributed by atoms with Crippen LogP contribution in [0.5, 0.6) is 0 Å². The Kier molecular flexibility index (Phi) is 7.28. The van der Waals surface area contributed by atoms with Crippen molar-refractivity contribution in [2.75, 3.05) is 0 Å². The van der Waals surface area contributed by atoms with Crippen LogP contribution in [0.2, 0.25) is 0 Å². The average molecular weight is 860 g/mol. The zero-order valence-corrected chi connectivity index (χ0v) is 35.9. The second-order valence-corrected chi connectivity index (χ2v) is 18.2. The number of rotatable bonds is 4. The first-order valence-corrected chi connectivity index (χ1v) is 23.0. The van der Waals surface area contributed by atoms with Gasteiger partial charge in [0.2, 0.25) is 5.95 Å². The highest BCUT2D eigenvalue weighted by molar-refractivity contribution is 7.26. The zero-order chi connectivity index (χ0) is 43.0. The van der Waals surface area contributed by atoms with Gasteiger partial charge >= 0.3 is 0 Å². The lowest BCUT2D eigenvalue weighted by atomic mass is 10.0. The van der Waals surface area contributed by atoms with Crippen molar-refractivity contribution in [3.05, 3.63) is 200 Å². The number of hydrogen-bond acceptors (Lipinski definition) is 5. The van der Waals surface area contributed by atoms with Crippen LogP contribution in [0.4, 0.5) is 0 Å². The van der Waals surface area contributed by atoms with Gasteiger partial charge in [-0.1, -0.05) is 133 Å². The summed E-state index contributed by atoms with van der Waals surface area (Å²) >= 11 is 1.78. The predicted octanol–water partition coefficient (Wildman–Crippen LogP) is 16.0. The molecule has 66 heavy (non-hydrogen) atoms. The molecule has 0 spiro atoms. The number of aromatic nitrogens is 5. The van der Waals surface area contributed by atoms with Crippen molar-refractivity contribution < 1.29 is 4.42 Å². The number of fused-ring (bicyclic) bond motifs is 14. The Labute approximate surface area is 379 Å². The van der Waals surface area contributed by atoms with Crippen LogP contribution in [-0.4, -0.2) is 24.1 Å². The normalized spacial score (nSPS) is 12.2. The Balaban J connectivity index is 1.13. The molecule has 0 saturated heterocycles. The molecule has 0 bridgehead atoms. The van der Waals surface area contributed by atoms with Gasteiger partial charge in [-0.25, -0.2) is 4.98 Å². The highest BCUT2D eigenvalue weighted by atomic mass is 32.1. The Morgan fingerprint density at radius 2 is 0.939 bits per heavy atom. The minimum atomic E-state index is 0.542. The molecule has 0 aliphatic carbocycles. The molecule has 0 saturated carbocycles. The highest BCUT2D eigenvalue weighted by Gasteiger charge is 2.26. The summed E-state index contributed by atoms with van der Waals surface area (Å²) in [6.07, 6.45) is 0. The molecule has 15 rings (SSSR count). The summed E-state index contributed by atoms with van der Waals surface area (Å²) in [4.78, 5) is 16.8. The molecule has 0 N–H and O–H groups in total. The SMILES string of the molecule is c1ccc2cc3c(cc2c1)oc1ccc(-n2c4ccccc4c4cc5ccccc5cc42)c(-c2nc(-c4cccc5c4sc4ccccc45)nc(-n4c5ccccc5c5ccccc54)n2)c13. The standard InChI is InChI=1S/C59H33N5OS/c1-3-16-36-32-50-44(30-34(36)14-1)40-20-7-9-24-46(40)63(50)49-28-29-51-54(45-31-35-15-2-4-17-37(35)33-52(45)65-51)55(49)58-60-57(43-23-13-22-42-41-21-8-12-27-53(41)66-56(42)43)61-59(62-58)64-47-25-10-5-18-38(47)39-19-6-11-26-48(39)64/h1-33H. The fraction of sp³-hybridized carbons (Fsp3) is 0. The summed E-state index contributed by atoms with van der Waals surface area (Å²) in [6, 6.07) is 71.4. The largest absolute Gasteiger partial charge is 0.456 e. The summed E-state index contributed by atoms with van der Waals surface area (Å²) in [7, 11) is 0. The third-order valence-electron chi connectivity index (χ3n) is 13.5. The van der Waals surface area contributed by atoms with Gasteiger partial charge in [-0.3, -0.25) is 4.57 Å². The molecule has 5 aromatic heterocycles. The van der Waals surface area contributed by atoms with Crippen molar-refractivity contribution >= 4 is 119 Å². The van der Waals surface area contributed by atoms with Crippen molar-refractivity contribution in [1.29, 1.82) is 0 Å². The number of benzene rings is 10. The van der Waals surface area contributed by atoms with E-state index >= 15 is 0 Å². The third-order valence-corrected chi connectivity index (χ3v) is 14.8. The van der Waals surface area contributed by atoms with E-state index < -0.39 is 0 Å². The molecule has 0 atom stereocenters. The van der Waals surface area contributed by atoms with Crippen LogP contribution >= 0.6 is 11.3 Å². The summed E-state index contributed by atoms with van der Waals surface area (Å²) < 4.78 is 13.8. The van der Waals surface area contributed by atoms with Crippen LogP contribution < -0.4 is 0 Å². The third kappa shape index (κ3) is 5.03. The van der Waals surface area contributed by atoms with E-state index in [4.69, 9.17) is 19.4 Å². The molecule has 306 valence electrons. The summed E-state index contributed by atoms with van der Waals surface area (Å²) in [6.45, 7) is 0. The quantitative estimate of drug-likeness (QED) is 0.177. The van der Waals surface area contributed by atoms with Gasteiger partial charge in [0.25, 0.3) is 0 Å². The van der Waals surface area contributed by atoms with E-state index in [1.807, 2.05) is 0 Å². The number of hydrogen-bond donors (Lipinski definition) is 0. The van der Waals surface area contributed by atoms with Crippen LogP contribution in [0.15, 0.2) is 205 Å². The Morgan fingerprint density at radius 3 is 1.67 bits per heavy atom. The van der Waals surface area contributed by atoms with Gasteiger partial charge in [-0.05, 0) is 88.3 Å². The fourth-order valence-corrected chi connectivity index (χ4v) is 11.8. The lowest BCUT2D eigenvalue weighted by Crippen LogP contribution is -2.08. The van der Waals surface area contributed by atoms with E-state index in [-0.39, 0.29) is 0 Å². The second kappa shape index (κ2) is 13.4. The van der Waals surface area contributed by atoms with Gasteiger partial charge in [-0.15, -0.1) is 11.3 Å². The van der Waals surface area contributed by atoms with Gasteiger partial charge in [0.1, 0.15) is 11.2 Å². The lowest BCUT2D eigenvalue weighted by Gasteiger charge is -2.16. The number of nitrogens with zero attached hydrogens (tertiary/aromatic N) is 5. The molecule has 6 nitrogen and oxygen atoms in total. The maximum atomic E-state index is 6.87. The molecular formula is C59H33N5OS. The van der Waals surface area contributed by atoms with E-state index in [0.29, 0.717) is 17.6 Å². The van der Waals surface area contributed by atoms with Gasteiger partial charge in [0.15, 0.2) is 11.6 Å². The lowest BCUT2D eigenvalue weighted by molar-refractivity contribution is 0.669. The number of furan rings is 1. The maximum absolute atomic E-state index is 6.87. The van der Waals surface area contributed by atoms with Gasteiger partial charge < -0.3 is 8.98 Å². The molecular weight excluding hydrogens is 827 g/mol. The van der Waals surface area contributed by atoms with Crippen molar-refractivity contribution in [1.82, 2.24) is 24.1 Å². The molecule has 0 fully saturated rings. The molecule has 0 aliphatic rings. The number of thiophene rings is 1. The molecule has 0 aliphatic heterocycles. The van der Waals surface area contributed by atoms with Crippen molar-refractivity contribution in [2.45, 2.75) is 0 Å². The predicted molar refractivity (Wildman–Crippen MR) is 275 cm³/mol. The molecule has 0 amide bonds. The van der Waals surface area contributed by atoms with Gasteiger partial charge in [0, 0.05) is 58.1 Å². The van der Waals surface area contributed by atoms with Crippen LogP contribution in [-0.2, 0) is 0 Å². The first kappa shape index (κ1) is 35.8. The molecule has 5 heterocycles. The molecule has 0 unspecified atom stereocenters. The summed E-state index contributed by atoms with van der Waals surface area (Å²) in [5.74, 6) is 1.70. The first-order valence-electron chi connectivity index (χ1n) is 22.2. The van der Waals surface area contributed by atoms with E-state index in [1.165, 1.54) is 37.0 Å². The van der Waals surface area contributed by atoms with E-state index in [1.54, 1.807) is 11.3 Å². The van der Waals surface area contributed by atoms with Crippen LogP contribution in [0.25, 0.3) is 142 Å². The molecule has 7 heteroatoms. The van der Waals surface area contributed by atoms with Crippen molar-refractivity contribution in [3.8, 4) is 34.4 Å². The van der Waals surface area contributed by atoms with Crippen molar-refractivity contribution in [2.24, 2.45) is 0 Å². The first-order chi connectivity index (χ1) is 32.7. The molecule has 10 aromatic carbocycles. The molecule has 0 radical (unpaired) electrons. The minimum Gasteiger partial charge on any atom is -0.456 e. The minimum absolute atomic E-state index is 0.542. The fourth-order valence-electron chi connectivity index (χ4n) is 10.6. The van der Waals surface area contributed by atoms with E-state index in [9.17, 15) is 0 Å². The Morgan fingerprint density at radius 1 is 0.379 bits per heavy atom. The van der Waals surface area contributed by atoms with Crippen LogP contribution in [0.3, 0.4) is 0 Å². The Bertz CT molecular complexity index is 4500. The summed E-state index contributed by atoms with van der Waals surface area (Å²) in [5.41, 5.74) is 8.58. The maximum Gasteiger partial charge on any atom is 0.238 e. The topological polar surface area (TPSA) is 61.7 Å². The van der Waals surface area contributed by atoms with Gasteiger partial charge in [0.05, 0.1) is 33.3 Å². The summed E-state index contributed by atoms with van der Waals surface area (Å²) in [5, 5.41) is 13.6. The second-order valence-electron chi connectivity index (χ2n) is 17.1. The van der Waals surface area contributed by atoms with E-state index in [0.717, 1.165) is 87.1 Å². The van der Waals surface area contributed by atoms with E-state index in [2.05, 4.69) is 209 Å². The van der Waals surface area contributed by atoms with Crippen molar-refractivity contribution in [3.63, 3.8) is 0 Å². The van der Waals surface area contributed by atoms with Gasteiger partial charge in [-0.2, -0.15) is 9.97 Å². The monoisotopic (exact) mass is 859 g/mol. The molecule has 15 aromatic rings. The highest BCUT2D eigenvalue weighted by Crippen LogP contribution is 2.46. The van der Waals surface area contributed by atoms with Crippen LogP contribution in [0, 0.1) is 0 Å². The smallest absolute Gasteiger partial charge is 0.238 e. The average Bonchev–Trinajstić information content (AvgIpc) is 4.12. The van der Waals surface area contributed by atoms with Crippen LogP contribution in [0.1, 0.15) is 0 Å². The zero-order valence-electron chi connectivity index (χ0n) is 35.1. The Hall–Kier alpha value is -8.65.